The summed E-state index contributed by atoms with van der Waals surface area (Å²) in [6.07, 6.45) is 0. The van der Waals surface area contributed by atoms with Crippen molar-refractivity contribution in [1.82, 2.24) is 10.6 Å². The van der Waals surface area contributed by atoms with Gasteiger partial charge in [0.25, 0.3) is 0 Å². The molecule has 0 aromatic heterocycles. The third kappa shape index (κ3) is 5.36. The quantitative estimate of drug-likeness (QED) is 0.796. The first-order valence-electron chi connectivity index (χ1n) is 7.58. The summed E-state index contributed by atoms with van der Waals surface area (Å²) in [6, 6.07) is 7.79. The molecule has 1 aliphatic rings. The second-order valence-electron chi connectivity index (χ2n) is 5.76. The Bertz CT molecular complexity index is 437. The third-order valence-corrected chi connectivity index (χ3v) is 3.60. The van der Waals surface area contributed by atoms with Crippen LogP contribution in [0.4, 0.5) is 10.5 Å². The fourth-order valence-corrected chi connectivity index (χ4v) is 2.25. The number of hydrogen-bond donors (Lipinski definition) is 3. The maximum atomic E-state index is 11.9. The Morgan fingerprint density at radius 3 is 2.86 bits per heavy atom. The monoisotopic (exact) mass is 291 g/mol. The molecule has 3 N–H and O–H groups in total. The fourth-order valence-electron chi connectivity index (χ4n) is 2.25. The highest BCUT2D eigenvalue weighted by Crippen LogP contribution is 2.16. The predicted molar refractivity (Wildman–Crippen MR) is 84.7 cm³/mol. The van der Waals surface area contributed by atoms with E-state index >= 15 is 0 Å². The Labute approximate surface area is 126 Å². The SMILES string of the molecule is CC(C)c1ccc(NC(=O)NC[C@H]2CNCCOC2)cc1. The van der Waals surface area contributed by atoms with Crippen LogP contribution in [-0.2, 0) is 4.74 Å². The maximum absolute atomic E-state index is 11.9. The van der Waals surface area contributed by atoms with Gasteiger partial charge in [0, 0.05) is 31.2 Å². The Balaban J connectivity index is 1.75. The van der Waals surface area contributed by atoms with Gasteiger partial charge in [-0.1, -0.05) is 26.0 Å². The normalized spacial score (nSPS) is 19.1. The minimum Gasteiger partial charge on any atom is -0.380 e. The summed E-state index contributed by atoms with van der Waals surface area (Å²) in [5.41, 5.74) is 2.08. The summed E-state index contributed by atoms with van der Waals surface area (Å²) in [7, 11) is 0. The first-order valence-corrected chi connectivity index (χ1v) is 7.58. The zero-order chi connectivity index (χ0) is 15.1. The number of benzene rings is 1. The van der Waals surface area contributed by atoms with Crippen molar-refractivity contribution in [1.29, 1.82) is 0 Å². The van der Waals surface area contributed by atoms with E-state index in [-0.39, 0.29) is 6.03 Å². The number of carbonyl (C=O) groups is 1. The minimum absolute atomic E-state index is 0.170. The summed E-state index contributed by atoms with van der Waals surface area (Å²) in [5, 5.41) is 9.04. The van der Waals surface area contributed by atoms with Gasteiger partial charge in [-0.3, -0.25) is 0 Å². The molecule has 2 rings (SSSR count). The van der Waals surface area contributed by atoms with Crippen LogP contribution in [0.25, 0.3) is 0 Å². The van der Waals surface area contributed by atoms with E-state index < -0.39 is 0 Å². The van der Waals surface area contributed by atoms with E-state index in [1.807, 2.05) is 24.3 Å². The highest BCUT2D eigenvalue weighted by molar-refractivity contribution is 5.89. The van der Waals surface area contributed by atoms with Crippen molar-refractivity contribution in [3.8, 4) is 0 Å². The van der Waals surface area contributed by atoms with Crippen LogP contribution in [0, 0.1) is 5.92 Å². The van der Waals surface area contributed by atoms with Crippen molar-refractivity contribution in [3.05, 3.63) is 29.8 Å². The van der Waals surface area contributed by atoms with Crippen molar-refractivity contribution < 1.29 is 9.53 Å². The number of ether oxygens (including phenoxy) is 1. The molecule has 1 fully saturated rings. The smallest absolute Gasteiger partial charge is 0.319 e. The van der Waals surface area contributed by atoms with Crippen molar-refractivity contribution >= 4 is 11.7 Å². The number of anilines is 1. The molecule has 1 atom stereocenters. The lowest BCUT2D eigenvalue weighted by atomic mass is 10.0. The van der Waals surface area contributed by atoms with E-state index in [9.17, 15) is 4.79 Å². The summed E-state index contributed by atoms with van der Waals surface area (Å²) in [6.45, 7) is 8.11. The van der Waals surface area contributed by atoms with Crippen LogP contribution >= 0.6 is 0 Å². The Kier molecular flexibility index (Phi) is 6.02. The van der Waals surface area contributed by atoms with Crippen molar-refractivity contribution in [2.45, 2.75) is 19.8 Å². The lowest BCUT2D eigenvalue weighted by Crippen LogP contribution is -2.37. The third-order valence-electron chi connectivity index (χ3n) is 3.60. The molecule has 1 aromatic carbocycles. The van der Waals surface area contributed by atoms with Gasteiger partial charge >= 0.3 is 6.03 Å². The van der Waals surface area contributed by atoms with E-state index in [1.165, 1.54) is 5.56 Å². The molecule has 0 aliphatic carbocycles. The molecule has 1 aliphatic heterocycles. The van der Waals surface area contributed by atoms with Gasteiger partial charge in [-0.2, -0.15) is 0 Å². The zero-order valence-corrected chi connectivity index (χ0v) is 12.8. The predicted octanol–water partition coefficient (Wildman–Crippen LogP) is 2.17. The molecule has 5 heteroatoms. The summed E-state index contributed by atoms with van der Waals surface area (Å²) < 4.78 is 5.46. The standard InChI is InChI=1S/C16H25N3O2/c1-12(2)14-3-5-15(6-4-14)19-16(20)18-10-13-9-17-7-8-21-11-13/h3-6,12-13,17H,7-11H2,1-2H3,(H2,18,19,20)/t13-/m1/s1. The highest BCUT2D eigenvalue weighted by atomic mass is 16.5. The van der Waals surface area contributed by atoms with Crippen LogP contribution in [0.2, 0.25) is 0 Å². The second-order valence-corrected chi connectivity index (χ2v) is 5.76. The van der Waals surface area contributed by atoms with Crippen LogP contribution in [0.5, 0.6) is 0 Å². The zero-order valence-electron chi connectivity index (χ0n) is 12.8. The average molecular weight is 291 g/mol. The first kappa shape index (κ1) is 15.8. The minimum atomic E-state index is -0.170. The molecule has 1 saturated heterocycles. The highest BCUT2D eigenvalue weighted by Gasteiger charge is 2.13. The molecule has 1 aromatic rings. The van der Waals surface area contributed by atoms with Crippen LogP contribution < -0.4 is 16.0 Å². The summed E-state index contributed by atoms with van der Waals surface area (Å²) in [5.74, 6) is 0.817. The van der Waals surface area contributed by atoms with Gasteiger partial charge in [-0.15, -0.1) is 0 Å². The maximum Gasteiger partial charge on any atom is 0.319 e. The molecular weight excluding hydrogens is 266 g/mol. The van der Waals surface area contributed by atoms with Gasteiger partial charge in [0.2, 0.25) is 0 Å². The largest absolute Gasteiger partial charge is 0.380 e. The summed E-state index contributed by atoms with van der Waals surface area (Å²) >= 11 is 0. The van der Waals surface area contributed by atoms with Gasteiger partial charge < -0.3 is 20.7 Å². The molecule has 0 unspecified atom stereocenters. The van der Waals surface area contributed by atoms with Gasteiger partial charge in [0.1, 0.15) is 0 Å². The van der Waals surface area contributed by atoms with Crippen LogP contribution in [0.1, 0.15) is 25.3 Å². The van der Waals surface area contributed by atoms with E-state index in [4.69, 9.17) is 4.74 Å². The second kappa shape index (κ2) is 8.00. The molecule has 0 saturated carbocycles. The van der Waals surface area contributed by atoms with Gasteiger partial charge in [0.05, 0.1) is 13.2 Å². The van der Waals surface area contributed by atoms with Crippen molar-refractivity contribution in [3.63, 3.8) is 0 Å². The number of hydrogen-bond acceptors (Lipinski definition) is 3. The fraction of sp³-hybridized carbons (Fsp3) is 0.562. The van der Waals surface area contributed by atoms with Gasteiger partial charge in [-0.25, -0.2) is 4.79 Å². The molecule has 0 radical (unpaired) electrons. The number of urea groups is 1. The van der Waals surface area contributed by atoms with Crippen molar-refractivity contribution in [2.24, 2.45) is 5.92 Å². The van der Waals surface area contributed by atoms with Crippen molar-refractivity contribution in [2.75, 3.05) is 38.2 Å². The Morgan fingerprint density at radius 2 is 2.14 bits per heavy atom. The molecule has 1 heterocycles. The molecular formula is C16H25N3O2. The number of nitrogens with one attached hydrogen (secondary N) is 3. The molecule has 116 valence electrons. The molecule has 5 nitrogen and oxygen atoms in total. The van der Waals surface area contributed by atoms with Crippen LogP contribution in [0.15, 0.2) is 24.3 Å². The average Bonchev–Trinajstić information content (AvgIpc) is 2.74. The number of rotatable bonds is 4. The van der Waals surface area contributed by atoms with Crippen LogP contribution in [-0.4, -0.2) is 38.9 Å². The molecule has 21 heavy (non-hydrogen) atoms. The Morgan fingerprint density at radius 1 is 1.38 bits per heavy atom. The number of carbonyl (C=O) groups excluding carboxylic acids is 1. The van der Waals surface area contributed by atoms with E-state index in [1.54, 1.807) is 0 Å². The number of amides is 2. The lowest BCUT2D eigenvalue weighted by Gasteiger charge is -2.15. The van der Waals surface area contributed by atoms with Gasteiger partial charge in [0.15, 0.2) is 0 Å². The van der Waals surface area contributed by atoms with E-state index in [0.29, 0.717) is 25.0 Å². The summed E-state index contributed by atoms with van der Waals surface area (Å²) in [4.78, 5) is 11.9. The van der Waals surface area contributed by atoms with E-state index in [2.05, 4.69) is 29.8 Å². The van der Waals surface area contributed by atoms with Crippen LogP contribution in [0.3, 0.4) is 0 Å². The Hall–Kier alpha value is -1.59. The first-order chi connectivity index (χ1) is 10.1. The van der Waals surface area contributed by atoms with E-state index in [0.717, 1.165) is 25.4 Å². The molecule has 2 amide bonds. The molecule has 0 spiro atoms. The lowest BCUT2D eigenvalue weighted by molar-refractivity contribution is 0.123. The topological polar surface area (TPSA) is 62.4 Å². The van der Waals surface area contributed by atoms with Gasteiger partial charge in [-0.05, 0) is 23.6 Å². The molecule has 0 bridgehead atoms.